The van der Waals surface area contributed by atoms with Gasteiger partial charge < -0.3 is 4.74 Å². The van der Waals surface area contributed by atoms with E-state index < -0.39 is 0 Å². The van der Waals surface area contributed by atoms with Crippen LogP contribution in [0.5, 0.6) is 0 Å². The summed E-state index contributed by atoms with van der Waals surface area (Å²) in [6, 6.07) is 10.4. The highest BCUT2D eigenvalue weighted by Gasteiger charge is 2.08. The van der Waals surface area contributed by atoms with Crippen molar-refractivity contribution in [2.75, 3.05) is 13.2 Å². The van der Waals surface area contributed by atoms with Gasteiger partial charge in [-0.25, -0.2) is 4.98 Å². The number of hydrogen-bond donors (Lipinski definition) is 0. The minimum absolute atomic E-state index is 0.924. The maximum Gasteiger partial charge on any atom is 0.125 e. The van der Waals surface area contributed by atoms with E-state index in [1.807, 2.05) is 18.3 Å². The number of nitrogens with zero attached hydrogens (tertiary/aromatic N) is 2. The average molecular weight is 369 g/mol. The first-order chi connectivity index (χ1) is 12.7. The fourth-order valence-electron chi connectivity index (χ4n) is 2.51. The summed E-state index contributed by atoms with van der Waals surface area (Å²) in [5, 5.41) is 3.13. The highest BCUT2D eigenvalue weighted by molar-refractivity contribution is 7.13. The molecule has 3 rings (SSSR count). The predicted octanol–water partition coefficient (Wildman–Crippen LogP) is 6.31. The van der Waals surface area contributed by atoms with Gasteiger partial charge in [0.15, 0.2) is 0 Å². The number of hydrogen-bond acceptors (Lipinski definition) is 4. The first-order valence-electron chi connectivity index (χ1n) is 9.17. The van der Waals surface area contributed by atoms with Crippen LogP contribution in [0.15, 0.2) is 48.1 Å². The Bertz CT molecular complexity index is 780. The average Bonchev–Trinajstić information content (AvgIpc) is 3.13. The molecular formula is C22H28N2OS. The molecule has 4 heteroatoms. The summed E-state index contributed by atoms with van der Waals surface area (Å²) < 4.78 is 5.13. The Hall–Kier alpha value is -2.04. The quantitative estimate of drug-likeness (QED) is 0.478. The van der Waals surface area contributed by atoms with E-state index in [-0.39, 0.29) is 0 Å². The zero-order valence-corrected chi connectivity index (χ0v) is 17.0. The molecule has 26 heavy (non-hydrogen) atoms. The second-order valence-corrected chi connectivity index (χ2v) is 7.07. The number of benzene rings is 1. The highest BCUT2D eigenvalue weighted by atomic mass is 32.1. The molecule has 3 aromatic rings. The number of thiazole rings is 1. The summed E-state index contributed by atoms with van der Waals surface area (Å²) in [7, 11) is 0. The molecular weight excluding hydrogens is 340 g/mol. The van der Waals surface area contributed by atoms with Gasteiger partial charge in [-0.2, -0.15) is 0 Å². The van der Waals surface area contributed by atoms with Crippen molar-refractivity contribution in [2.45, 2.75) is 40.5 Å². The second-order valence-electron chi connectivity index (χ2n) is 6.21. The lowest BCUT2D eigenvalue weighted by molar-refractivity contribution is 0.135. The van der Waals surface area contributed by atoms with Gasteiger partial charge in [0.25, 0.3) is 0 Å². The summed E-state index contributed by atoms with van der Waals surface area (Å²) in [5.74, 6) is 0. The van der Waals surface area contributed by atoms with E-state index in [2.05, 4.69) is 56.3 Å². The lowest BCUT2D eigenvalue weighted by Crippen LogP contribution is -1.92. The Balaban J connectivity index is 0.000000298. The normalized spacial score (nSPS) is 10.3. The number of aromatic nitrogens is 2. The maximum absolute atomic E-state index is 5.13. The van der Waals surface area contributed by atoms with Crippen molar-refractivity contribution in [3.63, 3.8) is 0 Å². The van der Waals surface area contributed by atoms with E-state index in [4.69, 9.17) is 9.72 Å². The standard InChI is InChI=1S/C16H14N2S.C6H14O/c1-11-5-6-14(12(2)8-11)15-10-19-16(18-15)13-4-3-7-17-9-13;1-3-5-7-6-4-2/h3-10H,1-2H3;3-6H2,1-2H3. The van der Waals surface area contributed by atoms with Crippen LogP contribution < -0.4 is 0 Å². The highest BCUT2D eigenvalue weighted by Crippen LogP contribution is 2.30. The van der Waals surface area contributed by atoms with Crippen LogP contribution >= 0.6 is 11.3 Å². The first kappa shape index (κ1) is 20.3. The Morgan fingerprint density at radius 3 is 2.42 bits per heavy atom. The van der Waals surface area contributed by atoms with Gasteiger partial charge in [-0.1, -0.05) is 37.6 Å². The number of rotatable bonds is 6. The second kappa shape index (κ2) is 10.8. The minimum atomic E-state index is 0.924. The molecule has 0 aliphatic carbocycles. The lowest BCUT2D eigenvalue weighted by atomic mass is 10.0. The first-order valence-corrected chi connectivity index (χ1v) is 10.0. The van der Waals surface area contributed by atoms with E-state index >= 15 is 0 Å². The van der Waals surface area contributed by atoms with Crippen LogP contribution in [-0.4, -0.2) is 23.2 Å². The van der Waals surface area contributed by atoms with Crippen molar-refractivity contribution in [1.82, 2.24) is 9.97 Å². The van der Waals surface area contributed by atoms with Gasteiger partial charge in [-0.15, -0.1) is 11.3 Å². The van der Waals surface area contributed by atoms with E-state index in [0.717, 1.165) is 42.3 Å². The van der Waals surface area contributed by atoms with Crippen LogP contribution in [0, 0.1) is 13.8 Å². The molecule has 0 bridgehead atoms. The molecule has 138 valence electrons. The zero-order chi connectivity index (χ0) is 18.8. The van der Waals surface area contributed by atoms with Crippen LogP contribution in [0.3, 0.4) is 0 Å². The third kappa shape index (κ3) is 6.04. The fraction of sp³-hybridized carbons (Fsp3) is 0.364. The molecule has 0 unspecified atom stereocenters. The fourth-order valence-corrected chi connectivity index (χ4v) is 3.32. The van der Waals surface area contributed by atoms with Crippen LogP contribution in [-0.2, 0) is 4.74 Å². The molecule has 2 aromatic heterocycles. The number of aryl methyl sites for hydroxylation is 2. The number of ether oxygens (including phenoxy) is 1. The van der Waals surface area contributed by atoms with Crippen molar-refractivity contribution in [3.05, 3.63) is 59.2 Å². The summed E-state index contributed by atoms with van der Waals surface area (Å²) in [6.07, 6.45) is 5.91. The smallest absolute Gasteiger partial charge is 0.125 e. The summed E-state index contributed by atoms with van der Waals surface area (Å²) in [4.78, 5) is 8.86. The summed E-state index contributed by atoms with van der Waals surface area (Å²) in [6.45, 7) is 10.3. The van der Waals surface area contributed by atoms with E-state index in [1.165, 1.54) is 16.7 Å². The molecule has 0 saturated carbocycles. The molecule has 0 aliphatic heterocycles. The van der Waals surface area contributed by atoms with Gasteiger partial charge >= 0.3 is 0 Å². The molecule has 1 aromatic carbocycles. The Kier molecular flexibility index (Phi) is 8.45. The molecule has 0 spiro atoms. The molecule has 0 saturated heterocycles. The zero-order valence-electron chi connectivity index (χ0n) is 16.2. The van der Waals surface area contributed by atoms with Crippen molar-refractivity contribution in [3.8, 4) is 21.8 Å². The lowest BCUT2D eigenvalue weighted by Gasteiger charge is -2.03. The largest absolute Gasteiger partial charge is 0.381 e. The van der Waals surface area contributed by atoms with Crippen molar-refractivity contribution in [1.29, 1.82) is 0 Å². The van der Waals surface area contributed by atoms with Gasteiger partial charge in [0.2, 0.25) is 0 Å². The van der Waals surface area contributed by atoms with Gasteiger partial charge in [-0.3, -0.25) is 4.98 Å². The van der Waals surface area contributed by atoms with Crippen LogP contribution in [0.1, 0.15) is 37.8 Å². The van der Waals surface area contributed by atoms with Gasteiger partial charge in [0.05, 0.1) is 5.69 Å². The van der Waals surface area contributed by atoms with E-state index in [0.29, 0.717) is 0 Å². The Labute approximate surface area is 161 Å². The summed E-state index contributed by atoms with van der Waals surface area (Å²) >= 11 is 1.66. The minimum Gasteiger partial charge on any atom is -0.381 e. The molecule has 2 heterocycles. The van der Waals surface area contributed by atoms with Gasteiger partial charge in [0, 0.05) is 42.1 Å². The topological polar surface area (TPSA) is 35.0 Å². The predicted molar refractivity (Wildman–Crippen MR) is 112 cm³/mol. The summed E-state index contributed by atoms with van der Waals surface area (Å²) in [5.41, 5.74) is 5.87. The Morgan fingerprint density at radius 2 is 1.81 bits per heavy atom. The number of pyridine rings is 1. The third-order valence-corrected chi connectivity index (χ3v) is 4.66. The van der Waals surface area contributed by atoms with E-state index in [1.54, 1.807) is 17.5 Å². The van der Waals surface area contributed by atoms with Gasteiger partial charge in [0.1, 0.15) is 5.01 Å². The third-order valence-electron chi connectivity index (χ3n) is 3.77. The van der Waals surface area contributed by atoms with Crippen molar-refractivity contribution >= 4 is 11.3 Å². The van der Waals surface area contributed by atoms with Crippen LogP contribution in [0.25, 0.3) is 21.8 Å². The molecule has 0 atom stereocenters. The molecule has 0 N–H and O–H groups in total. The maximum atomic E-state index is 5.13. The van der Waals surface area contributed by atoms with Crippen LogP contribution in [0.2, 0.25) is 0 Å². The van der Waals surface area contributed by atoms with Crippen LogP contribution in [0.4, 0.5) is 0 Å². The molecule has 0 radical (unpaired) electrons. The molecule has 0 aliphatic rings. The van der Waals surface area contributed by atoms with E-state index in [9.17, 15) is 0 Å². The van der Waals surface area contributed by atoms with Gasteiger partial charge in [-0.05, 0) is 44.4 Å². The molecule has 3 nitrogen and oxygen atoms in total. The molecule has 0 fully saturated rings. The monoisotopic (exact) mass is 368 g/mol. The SMILES string of the molecule is CCCOCCC.Cc1ccc(-c2csc(-c3cccnc3)n2)c(C)c1. The van der Waals surface area contributed by atoms with Crippen molar-refractivity contribution in [2.24, 2.45) is 0 Å². The molecule has 0 amide bonds. The Morgan fingerprint density at radius 1 is 1.04 bits per heavy atom. The van der Waals surface area contributed by atoms with Crippen molar-refractivity contribution < 1.29 is 4.74 Å².